The lowest BCUT2D eigenvalue weighted by atomic mass is 10.2. The molecule has 0 saturated carbocycles. The molecule has 0 saturated heterocycles. The van der Waals surface area contributed by atoms with E-state index in [1.54, 1.807) is 12.1 Å². The first-order chi connectivity index (χ1) is 8.88. The monoisotopic (exact) mass is 296 g/mol. The Labute approximate surface area is 117 Å². The van der Waals surface area contributed by atoms with Crippen LogP contribution in [0.2, 0.25) is 0 Å². The zero-order chi connectivity index (χ0) is 14.0. The number of anilines is 1. The van der Waals surface area contributed by atoms with Gasteiger partial charge in [0.15, 0.2) is 0 Å². The number of hydrogen-bond donors (Lipinski definition) is 2. The summed E-state index contributed by atoms with van der Waals surface area (Å²) >= 11 is 1.52. The van der Waals surface area contributed by atoms with Crippen molar-refractivity contribution in [2.24, 2.45) is 0 Å². The van der Waals surface area contributed by atoms with Crippen molar-refractivity contribution >= 4 is 27.0 Å². The SMILES string of the molecule is Cc1cc(N)cc(S(=O)(=O)NC(C)c2cccs2)c1. The predicted molar refractivity (Wildman–Crippen MR) is 78.6 cm³/mol. The van der Waals surface area contributed by atoms with Gasteiger partial charge in [0.05, 0.1) is 10.9 Å². The van der Waals surface area contributed by atoms with E-state index in [9.17, 15) is 8.42 Å². The van der Waals surface area contributed by atoms with Gasteiger partial charge in [0.25, 0.3) is 0 Å². The van der Waals surface area contributed by atoms with Gasteiger partial charge in [-0.2, -0.15) is 0 Å². The van der Waals surface area contributed by atoms with Crippen LogP contribution in [0.15, 0.2) is 40.6 Å². The number of rotatable bonds is 4. The largest absolute Gasteiger partial charge is 0.399 e. The molecular formula is C13H16N2O2S2. The number of thiophene rings is 1. The van der Waals surface area contributed by atoms with Gasteiger partial charge in [0.2, 0.25) is 10.0 Å². The molecule has 0 fully saturated rings. The van der Waals surface area contributed by atoms with Gasteiger partial charge in [-0.25, -0.2) is 13.1 Å². The van der Waals surface area contributed by atoms with E-state index in [4.69, 9.17) is 5.73 Å². The molecule has 0 aliphatic carbocycles. The third-order valence-electron chi connectivity index (χ3n) is 2.69. The first kappa shape index (κ1) is 14.0. The second kappa shape index (κ2) is 5.32. The topological polar surface area (TPSA) is 72.2 Å². The smallest absolute Gasteiger partial charge is 0.241 e. The van der Waals surface area contributed by atoms with Crippen LogP contribution in [0.25, 0.3) is 0 Å². The fourth-order valence-electron chi connectivity index (χ4n) is 1.83. The molecule has 0 aliphatic rings. The summed E-state index contributed by atoms with van der Waals surface area (Å²) in [6.45, 7) is 3.64. The standard InChI is InChI=1S/C13H16N2O2S2/c1-9-6-11(14)8-12(7-9)19(16,17)15-10(2)13-4-3-5-18-13/h3-8,10,15H,14H2,1-2H3. The van der Waals surface area contributed by atoms with Crippen molar-refractivity contribution in [3.05, 3.63) is 46.2 Å². The van der Waals surface area contributed by atoms with Gasteiger partial charge in [-0.05, 0) is 49.1 Å². The van der Waals surface area contributed by atoms with Crippen LogP contribution in [0.1, 0.15) is 23.4 Å². The number of benzene rings is 1. The Morgan fingerprint density at radius 1 is 1.32 bits per heavy atom. The third kappa shape index (κ3) is 3.34. The molecule has 1 unspecified atom stereocenters. The average molecular weight is 296 g/mol. The van der Waals surface area contributed by atoms with Gasteiger partial charge < -0.3 is 5.73 Å². The molecule has 4 nitrogen and oxygen atoms in total. The average Bonchev–Trinajstić information content (AvgIpc) is 2.80. The van der Waals surface area contributed by atoms with E-state index in [1.165, 1.54) is 17.4 Å². The molecule has 0 radical (unpaired) electrons. The minimum atomic E-state index is -3.55. The molecule has 102 valence electrons. The zero-order valence-corrected chi connectivity index (χ0v) is 12.4. The molecule has 1 aromatic heterocycles. The molecule has 0 bridgehead atoms. The Kier molecular flexibility index (Phi) is 3.93. The van der Waals surface area contributed by atoms with Crippen molar-refractivity contribution in [3.63, 3.8) is 0 Å². The summed E-state index contributed by atoms with van der Waals surface area (Å²) in [7, 11) is -3.55. The van der Waals surface area contributed by atoms with Crippen LogP contribution in [-0.4, -0.2) is 8.42 Å². The van der Waals surface area contributed by atoms with Gasteiger partial charge in [0.1, 0.15) is 0 Å². The van der Waals surface area contributed by atoms with E-state index in [0.29, 0.717) is 5.69 Å². The van der Waals surface area contributed by atoms with Crippen LogP contribution in [0.5, 0.6) is 0 Å². The molecule has 1 aromatic carbocycles. The third-order valence-corrected chi connectivity index (χ3v) is 5.26. The van der Waals surface area contributed by atoms with E-state index in [2.05, 4.69) is 4.72 Å². The minimum absolute atomic E-state index is 0.202. The molecule has 3 N–H and O–H groups in total. The molecular weight excluding hydrogens is 280 g/mol. The summed E-state index contributed by atoms with van der Waals surface area (Å²) < 4.78 is 27.2. The summed E-state index contributed by atoms with van der Waals surface area (Å²) in [5, 5.41) is 1.92. The molecule has 19 heavy (non-hydrogen) atoms. The predicted octanol–water partition coefficient (Wildman–Crippen LogP) is 2.68. The van der Waals surface area contributed by atoms with Crippen LogP contribution >= 0.6 is 11.3 Å². The van der Waals surface area contributed by atoms with Crippen molar-refractivity contribution in [3.8, 4) is 0 Å². The van der Waals surface area contributed by atoms with E-state index in [1.807, 2.05) is 31.4 Å². The van der Waals surface area contributed by atoms with Crippen LogP contribution in [0, 0.1) is 6.92 Å². The number of hydrogen-bond acceptors (Lipinski definition) is 4. The van der Waals surface area contributed by atoms with Gasteiger partial charge in [0, 0.05) is 10.6 Å². The molecule has 2 aromatic rings. The Morgan fingerprint density at radius 3 is 2.63 bits per heavy atom. The highest BCUT2D eigenvalue weighted by atomic mass is 32.2. The first-order valence-corrected chi connectivity index (χ1v) is 8.17. The summed E-state index contributed by atoms with van der Waals surface area (Å²) in [4.78, 5) is 1.18. The highest BCUT2D eigenvalue weighted by molar-refractivity contribution is 7.89. The molecule has 0 aliphatic heterocycles. The highest BCUT2D eigenvalue weighted by Gasteiger charge is 2.19. The van der Waals surface area contributed by atoms with Gasteiger partial charge >= 0.3 is 0 Å². The molecule has 2 rings (SSSR count). The summed E-state index contributed by atoms with van der Waals surface area (Å²) in [5.41, 5.74) is 6.96. The number of aryl methyl sites for hydroxylation is 1. The maximum absolute atomic E-state index is 12.3. The molecule has 6 heteroatoms. The second-order valence-electron chi connectivity index (χ2n) is 4.44. The van der Waals surface area contributed by atoms with Crippen molar-refractivity contribution in [2.75, 3.05) is 5.73 Å². The second-order valence-corrected chi connectivity index (χ2v) is 7.13. The fourth-order valence-corrected chi connectivity index (χ4v) is 4.00. The number of nitrogens with one attached hydrogen (secondary N) is 1. The molecule has 0 spiro atoms. The quantitative estimate of drug-likeness (QED) is 0.852. The van der Waals surface area contributed by atoms with E-state index < -0.39 is 10.0 Å². The van der Waals surface area contributed by atoms with Crippen molar-refractivity contribution < 1.29 is 8.42 Å². The molecule has 1 atom stereocenters. The van der Waals surface area contributed by atoms with E-state index in [0.717, 1.165) is 10.4 Å². The van der Waals surface area contributed by atoms with Crippen molar-refractivity contribution in [1.82, 2.24) is 4.72 Å². The summed E-state index contributed by atoms with van der Waals surface area (Å²) in [5.74, 6) is 0. The van der Waals surface area contributed by atoms with Crippen LogP contribution in [0.4, 0.5) is 5.69 Å². The minimum Gasteiger partial charge on any atom is -0.399 e. The van der Waals surface area contributed by atoms with Crippen molar-refractivity contribution in [2.45, 2.75) is 24.8 Å². The van der Waals surface area contributed by atoms with Crippen LogP contribution in [-0.2, 0) is 10.0 Å². The van der Waals surface area contributed by atoms with Crippen LogP contribution < -0.4 is 10.5 Å². The summed E-state index contributed by atoms with van der Waals surface area (Å²) in [6, 6.07) is 8.36. The highest BCUT2D eigenvalue weighted by Crippen LogP contribution is 2.22. The maximum atomic E-state index is 12.3. The van der Waals surface area contributed by atoms with Crippen molar-refractivity contribution in [1.29, 1.82) is 0 Å². The first-order valence-electron chi connectivity index (χ1n) is 5.81. The number of nitrogen functional groups attached to an aromatic ring is 1. The summed E-state index contributed by atoms with van der Waals surface area (Å²) in [6.07, 6.45) is 0. The Morgan fingerprint density at radius 2 is 2.05 bits per heavy atom. The maximum Gasteiger partial charge on any atom is 0.241 e. The Hall–Kier alpha value is -1.37. The normalized spacial score (nSPS) is 13.4. The lowest BCUT2D eigenvalue weighted by Crippen LogP contribution is -2.26. The molecule has 1 heterocycles. The molecule has 0 amide bonds. The Bertz CT molecular complexity index is 644. The fraction of sp³-hybridized carbons (Fsp3) is 0.231. The zero-order valence-electron chi connectivity index (χ0n) is 10.8. The van der Waals surface area contributed by atoms with E-state index in [-0.39, 0.29) is 10.9 Å². The lowest BCUT2D eigenvalue weighted by molar-refractivity contribution is 0.568. The van der Waals surface area contributed by atoms with Crippen LogP contribution in [0.3, 0.4) is 0 Å². The van der Waals surface area contributed by atoms with Gasteiger partial charge in [-0.1, -0.05) is 6.07 Å². The number of nitrogens with two attached hydrogens (primary N) is 1. The Balaban J connectivity index is 2.27. The van der Waals surface area contributed by atoms with Gasteiger partial charge in [-0.3, -0.25) is 0 Å². The van der Waals surface area contributed by atoms with E-state index >= 15 is 0 Å². The van der Waals surface area contributed by atoms with Gasteiger partial charge in [-0.15, -0.1) is 11.3 Å². The number of sulfonamides is 1. The lowest BCUT2D eigenvalue weighted by Gasteiger charge is -2.13.